The van der Waals surface area contributed by atoms with E-state index in [1.807, 2.05) is 0 Å². The molecule has 5 saturated carbocycles. The van der Waals surface area contributed by atoms with Gasteiger partial charge in [0.2, 0.25) is 6.29 Å². The molecule has 94 heavy (non-hydrogen) atoms. The van der Waals surface area contributed by atoms with Gasteiger partial charge in [0.1, 0.15) is 128 Å². The molecule has 0 radical (unpaired) electrons. The van der Waals surface area contributed by atoms with Crippen molar-refractivity contribution in [3.05, 3.63) is 0 Å². The molecule has 30 heteroatoms. The van der Waals surface area contributed by atoms with Crippen LogP contribution in [-0.4, -0.2) is 304 Å². The minimum Gasteiger partial charge on any atom is -0.432 e. The summed E-state index contributed by atoms with van der Waals surface area (Å²) in [6.45, 7) is 14.6. The molecule has 11 aliphatic rings. The number of rotatable bonds is 15. The SMILES string of the molecule is CC1OC(OC2C(CO)OC(OC3CCC4(C)C(CCC5(C)C4CCC4C6CC(C)(C)CCC6(C(=O)OC6OC(COC7OC(CO)C(O)C(O)C7O)C(O)C(O)C6O)CCC45C)C3(C)C)C(O)C2O)C(O)C(OC2OCC(OC3OCC(O)C(O)C3O)C(O)C2O)C1O. The fourth-order valence-electron chi connectivity index (χ4n) is 19.5. The Morgan fingerprint density at radius 2 is 1.02 bits per heavy atom. The van der Waals surface area contributed by atoms with Gasteiger partial charge in [0, 0.05) is 0 Å². The third-order valence-electron chi connectivity index (χ3n) is 25.4. The minimum absolute atomic E-state index is 0.0967. The second-order valence-electron chi connectivity index (χ2n) is 31.4. The van der Waals surface area contributed by atoms with E-state index in [0.29, 0.717) is 25.7 Å². The van der Waals surface area contributed by atoms with Crippen LogP contribution in [0.2, 0.25) is 0 Å². The first-order valence-corrected chi connectivity index (χ1v) is 33.8. The van der Waals surface area contributed by atoms with Crippen molar-refractivity contribution in [3.8, 4) is 0 Å². The molecule has 0 amide bonds. The van der Waals surface area contributed by atoms with Gasteiger partial charge in [-0.3, -0.25) is 4.79 Å². The number of hydrogen-bond donors (Lipinski definition) is 17. The highest BCUT2D eigenvalue weighted by molar-refractivity contribution is 5.78. The van der Waals surface area contributed by atoms with Crippen LogP contribution in [-0.2, 0) is 61.6 Å². The molecule has 11 rings (SSSR count). The van der Waals surface area contributed by atoms with Crippen molar-refractivity contribution in [2.75, 3.05) is 33.0 Å². The number of esters is 1. The van der Waals surface area contributed by atoms with Gasteiger partial charge in [-0.2, -0.15) is 0 Å². The molecule has 6 heterocycles. The second kappa shape index (κ2) is 27.6. The molecule has 6 saturated heterocycles. The van der Waals surface area contributed by atoms with Gasteiger partial charge in [0.15, 0.2) is 31.5 Å². The van der Waals surface area contributed by atoms with Gasteiger partial charge in [0.25, 0.3) is 0 Å². The molecule has 37 unspecified atom stereocenters. The van der Waals surface area contributed by atoms with E-state index in [0.717, 1.165) is 44.9 Å². The Morgan fingerprint density at radius 3 is 1.71 bits per heavy atom. The Bertz CT molecular complexity index is 2570. The fourth-order valence-corrected chi connectivity index (χ4v) is 19.5. The molecular formula is C64H106O30. The molecule has 542 valence electrons. The quantitative estimate of drug-likeness (QED) is 0.0549. The van der Waals surface area contributed by atoms with Gasteiger partial charge in [-0.05, 0) is 128 Å². The highest BCUT2D eigenvalue weighted by atomic mass is 16.8. The molecule has 17 N–H and O–H groups in total. The van der Waals surface area contributed by atoms with Gasteiger partial charge in [-0.15, -0.1) is 0 Å². The lowest BCUT2D eigenvalue weighted by atomic mass is 9.31. The molecule has 0 aromatic carbocycles. The Labute approximate surface area is 546 Å². The molecule has 6 aliphatic heterocycles. The summed E-state index contributed by atoms with van der Waals surface area (Å²) in [5.74, 6) is -0.212. The lowest BCUT2D eigenvalue weighted by Crippen LogP contribution is -2.68. The third-order valence-corrected chi connectivity index (χ3v) is 25.4. The molecule has 11 fully saturated rings. The van der Waals surface area contributed by atoms with Crippen LogP contribution < -0.4 is 0 Å². The van der Waals surface area contributed by atoms with Crippen molar-refractivity contribution >= 4 is 5.97 Å². The first-order valence-electron chi connectivity index (χ1n) is 33.8. The van der Waals surface area contributed by atoms with Crippen LogP contribution in [0.25, 0.3) is 0 Å². The zero-order chi connectivity index (χ0) is 68.4. The molecule has 37 atom stereocenters. The highest BCUT2D eigenvalue weighted by Gasteiger charge is 2.72. The standard InChI is InChI=1S/C64H106O30/c1-25-36(68)51(93-54-45(77)40(72)32(24-85-54)89-52-44(76)37(69)28(67)22-83-52)49(81)57(86-25)92-50-30(21-66)88-55(48(80)43(50)75)91-35-12-13-61(6)33(60(35,4)5)11-14-63(8)34(61)10-9-26-27-19-59(2,3)15-17-64(27,18-16-62(26,63)7)58(82)94-56-47(79)42(74)39(71)31(90-56)23-84-53-46(78)41(73)38(70)29(20-65)87-53/h25-57,65-81H,9-24H2,1-8H3. The molecule has 30 nitrogen and oxygen atoms in total. The van der Waals surface area contributed by atoms with Gasteiger partial charge < -0.3 is 144 Å². The average molecular weight is 1360 g/mol. The average Bonchev–Trinajstić information content (AvgIpc) is 0.676. The Hall–Kier alpha value is -1.65. The Morgan fingerprint density at radius 1 is 0.447 bits per heavy atom. The van der Waals surface area contributed by atoms with E-state index < -0.39 is 221 Å². The van der Waals surface area contributed by atoms with E-state index in [-0.39, 0.29) is 51.9 Å². The topological polar surface area (TPSA) is 472 Å². The van der Waals surface area contributed by atoms with E-state index in [4.69, 9.17) is 56.8 Å². The van der Waals surface area contributed by atoms with E-state index in [1.165, 1.54) is 6.92 Å². The zero-order valence-electron chi connectivity index (χ0n) is 54.8. The van der Waals surface area contributed by atoms with Crippen LogP contribution in [0.3, 0.4) is 0 Å². The maximum absolute atomic E-state index is 15.2. The number of carbonyl (C=O) groups is 1. The van der Waals surface area contributed by atoms with Crippen molar-refractivity contribution < 1.29 is 148 Å². The fraction of sp³-hybridized carbons (Fsp3) is 0.984. The summed E-state index contributed by atoms with van der Waals surface area (Å²) in [5.41, 5.74) is -2.22. The summed E-state index contributed by atoms with van der Waals surface area (Å²) in [7, 11) is 0. The van der Waals surface area contributed by atoms with Crippen molar-refractivity contribution in [2.24, 2.45) is 56.2 Å². The van der Waals surface area contributed by atoms with Crippen molar-refractivity contribution in [1.82, 2.24) is 0 Å². The number of fused-ring (bicyclic) bond motifs is 7. The normalized spacial score (nSPS) is 55.1. The summed E-state index contributed by atoms with van der Waals surface area (Å²) in [4.78, 5) is 15.2. The molecule has 0 aromatic heterocycles. The summed E-state index contributed by atoms with van der Waals surface area (Å²) >= 11 is 0. The predicted octanol–water partition coefficient (Wildman–Crippen LogP) is -4.00. The van der Waals surface area contributed by atoms with E-state index in [2.05, 4.69) is 48.5 Å². The molecule has 0 aromatic rings. The summed E-state index contributed by atoms with van der Waals surface area (Å²) < 4.78 is 70.6. The highest BCUT2D eigenvalue weighted by Crippen LogP contribution is 2.77. The summed E-state index contributed by atoms with van der Waals surface area (Å²) in [6, 6.07) is 0. The summed E-state index contributed by atoms with van der Waals surface area (Å²) in [6.07, 6.45) is -37.7. The maximum Gasteiger partial charge on any atom is 0.314 e. The first kappa shape index (κ1) is 73.6. The first-order chi connectivity index (χ1) is 44.1. The van der Waals surface area contributed by atoms with Crippen LogP contribution in [0, 0.1) is 56.2 Å². The van der Waals surface area contributed by atoms with Gasteiger partial charge >= 0.3 is 5.97 Å². The van der Waals surface area contributed by atoms with Crippen LogP contribution in [0.1, 0.15) is 126 Å². The van der Waals surface area contributed by atoms with Crippen LogP contribution in [0.5, 0.6) is 0 Å². The number of hydrogen-bond acceptors (Lipinski definition) is 30. The minimum atomic E-state index is -1.87. The number of ether oxygens (including phenoxy) is 12. The van der Waals surface area contributed by atoms with Gasteiger partial charge in [-0.25, -0.2) is 0 Å². The molecule has 0 spiro atoms. The van der Waals surface area contributed by atoms with E-state index >= 15 is 4.79 Å². The number of aliphatic hydroxyl groups excluding tert-OH is 17. The number of carbonyl (C=O) groups excluding carboxylic acids is 1. The van der Waals surface area contributed by atoms with Crippen LogP contribution >= 0.6 is 0 Å². The monoisotopic (exact) mass is 1350 g/mol. The largest absolute Gasteiger partial charge is 0.432 e. The van der Waals surface area contributed by atoms with Gasteiger partial charge in [-0.1, -0.05) is 48.5 Å². The Balaban J connectivity index is 0.723. The van der Waals surface area contributed by atoms with Crippen molar-refractivity contribution in [2.45, 2.75) is 304 Å². The van der Waals surface area contributed by atoms with Crippen molar-refractivity contribution in [3.63, 3.8) is 0 Å². The lowest BCUT2D eigenvalue weighted by Gasteiger charge is -2.73. The van der Waals surface area contributed by atoms with Crippen molar-refractivity contribution in [1.29, 1.82) is 0 Å². The third kappa shape index (κ3) is 12.7. The van der Waals surface area contributed by atoms with Crippen LogP contribution in [0.4, 0.5) is 0 Å². The Kier molecular flexibility index (Phi) is 21.6. The van der Waals surface area contributed by atoms with Crippen LogP contribution in [0.15, 0.2) is 0 Å². The predicted molar refractivity (Wildman–Crippen MR) is 315 cm³/mol. The maximum atomic E-state index is 15.2. The molecule has 5 aliphatic carbocycles. The van der Waals surface area contributed by atoms with E-state index in [1.54, 1.807) is 0 Å². The number of aliphatic hydroxyl groups is 17. The summed E-state index contributed by atoms with van der Waals surface area (Å²) in [5, 5.41) is 184. The second-order valence-corrected chi connectivity index (χ2v) is 31.4. The van der Waals surface area contributed by atoms with E-state index in [9.17, 15) is 86.8 Å². The van der Waals surface area contributed by atoms with Gasteiger partial charge in [0.05, 0.1) is 50.7 Å². The zero-order valence-corrected chi connectivity index (χ0v) is 54.8. The molecule has 0 bridgehead atoms. The smallest absolute Gasteiger partial charge is 0.314 e. The lowest BCUT2D eigenvalue weighted by molar-refractivity contribution is -0.381. The molecular weight excluding hydrogens is 1250 g/mol.